The van der Waals surface area contributed by atoms with Crippen molar-refractivity contribution in [2.24, 2.45) is 5.92 Å². The molecule has 0 amide bonds. The second-order valence-corrected chi connectivity index (χ2v) is 10.8. The lowest BCUT2D eigenvalue weighted by Crippen LogP contribution is -2.33. The third-order valence-corrected chi connectivity index (χ3v) is 8.38. The van der Waals surface area contributed by atoms with E-state index in [1.807, 2.05) is 54.6 Å². The first-order valence-corrected chi connectivity index (χ1v) is 13.1. The molecule has 5 rings (SSSR count). The summed E-state index contributed by atoms with van der Waals surface area (Å²) in [6.07, 6.45) is 6.16. The number of rotatable bonds is 6. The maximum Gasteiger partial charge on any atom is 0.343 e. The van der Waals surface area contributed by atoms with Crippen molar-refractivity contribution >= 4 is 31.8 Å². The highest BCUT2D eigenvalue weighted by atomic mass is 32.2. The molecule has 0 atom stereocenters. The lowest BCUT2D eigenvalue weighted by atomic mass is 9.89. The zero-order valence-electron chi connectivity index (χ0n) is 18.1. The molecule has 1 aromatic heterocycles. The Balaban J connectivity index is 1.50. The van der Waals surface area contributed by atoms with Crippen LogP contribution in [0, 0.1) is 5.92 Å². The van der Waals surface area contributed by atoms with Crippen molar-refractivity contribution in [2.75, 3.05) is 5.75 Å². The van der Waals surface area contributed by atoms with Gasteiger partial charge in [-0.25, -0.2) is 13.2 Å². The fourth-order valence-electron chi connectivity index (χ4n) is 5.09. The topological polar surface area (TPSA) is 61.1 Å². The van der Waals surface area contributed by atoms with Crippen LogP contribution in [0.15, 0.2) is 71.5 Å². The summed E-state index contributed by atoms with van der Waals surface area (Å²) < 4.78 is 29.6. The Labute approximate surface area is 188 Å². The van der Waals surface area contributed by atoms with Crippen molar-refractivity contribution in [3.8, 4) is 0 Å². The molecule has 1 aliphatic rings. The smallest absolute Gasteiger partial charge is 0.291 e. The molecule has 6 heteroatoms. The molecule has 0 unspecified atom stereocenters. The van der Waals surface area contributed by atoms with Gasteiger partial charge in [-0.3, -0.25) is 4.57 Å². The predicted octanol–water partition coefficient (Wildman–Crippen LogP) is 4.96. The van der Waals surface area contributed by atoms with E-state index in [9.17, 15) is 13.2 Å². The molecule has 0 saturated heterocycles. The van der Waals surface area contributed by atoms with Crippen molar-refractivity contribution in [1.82, 2.24) is 8.54 Å². The normalized spacial score (nSPS) is 15.5. The maximum atomic E-state index is 13.4. The highest BCUT2D eigenvalue weighted by molar-refractivity contribution is 7.90. The number of hydrogen-bond acceptors (Lipinski definition) is 3. The second-order valence-electron chi connectivity index (χ2n) is 8.85. The number of para-hydroxylation sites is 2. The van der Waals surface area contributed by atoms with Gasteiger partial charge in [0.2, 0.25) is 10.0 Å². The zero-order chi connectivity index (χ0) is 22.1. The lowest BCUT2D eigenvalue weighted by molar-refractivity contribution is 0.319. The number of aromatic nitrogens is 2. The molecule has 166 valence electrons. The number of hydrogen-bond donors (Lipinski definition) is 0. The summed E-state index contributed by atoms with van der Waals surface area (Å²) in [7, 11) is -3.82. The SMILES string of the molecule is O=c1n(CC2CCCCC2)c2ccccc2n1S(=O)(=O)CCc1cccc2ccccc12. The van der Waals surface area contributed by atoms with E-state index in [1.165, 1.54) is 19.3 Å². The summed E-state index contributed by atoms with van der Waals surface area (Å²) >= 11 is 0. The average molecular weight is 449 g/mol. The van der Waals surface area contributed by atoms with E-state index >= 15 is 0 Å². The highest BCUT2D eigenvalue weighted by Crippen LogP contribution is 2.26. The number of fused-ring (bicyclic) bond motifs is 2. The summed E-state index contributed by atoms with van der Waals surface area (Å²) in [6, 6.07) is 21.2. The summed E-state index contributed by atoms with van der Waals surface area (Å²) in [5.74, 6) is 0.317. The molecule has 0 aliphatic heterocycles. The van der Waals surface area contributed by atoms with Crippen LogP contribution in [0.3, 0.4) is 0 Å². The Bertz CT molecular complexity index is 1420. The molecule has 3 aromatic carbocycles. The Morgan fingerprint density at radius 1 is 0.812 bits per heavy atom. The Hall–Kier alpha value is -2.86. The quantitative estimate of drug-likeness (QED) is 0.419. The minimum absolute atomic E-state index is 0.113. The van der Waals surface area contributed by atoms with Gasteiger partial charge in [-0.05, 0) is 53.6 Å². The lowest BCUT2D eigenvalue weighted by Gasteiger charge is -2.21. The molecule has 0 bridgehead atoms. The largest absolute Gasteiger partial charge is 0.343 e. The fraction of sp³-hybridized carbons (Fsp3) is 0.346. The third-order valence-electron chi connectivity index (χ3n) is 6.75. The van der Waals surface area contributed by atoms with Gasteiger partial charge in [0, 0.05) is 6.54 Å². The highest BCUT2D eigenvalue weighted by Gasteiger charge is 2.25. The van der Waals surface area contributed by atoms with Crippen LogP contribution >= 0.6 is 0 Å². The van der Waals surface area contributed by atoms with Crippen molar-refractivity contribution in [1.29, 1.82) is 0 Å². The maximum absolute atomic E-state index is 13.4. The molecule has 1 aliphatic carbocycles. The molecule has 5 nitrogen and oxygen atoms in total. The van der Waals surface area contributed by atoms with Crippen LogP contribution in [0.5, 0.6) is 0 Å². The van der Waals surface area contributed by atoms with E-state index in [0.29, 0.717) is 29.9 Å². The van der Waals surface area contributed by atoms with Crippen LogP contribution in [0.2, 0.25) is 0 Å². The number of benzene rings is 3. The van der Waals surface area contributed by atoms with Crippen LogP contribution in [0.25, 0.3) is 21.8 Å². The van der Waals surface area contributed by atoms with E-state index in [-0.39, 0.29) is 5.75 Å². The monoisotopic (exact) mass is 448 g/mol. The molecular weight excluding hydrogens is 420 g/mol. The van der Waals surface area contributed by atoms with E-state index < -0.39 is 15.7 Å². The minimum Gasteiger partial charge on any atom is -0.291 e. The van der Waals surface area contributed by atoms with Gasteiger partial charge >= 0.3 is 5.69 Å². The average Bonchev–Trinajstić information content (AvgIpc) is 3.10. The Morgan fingerprint density at radius 3 is 2.31 bits per heavy atom. The van der Waals surface area contributed by atoms with E-state index in [0.717, 1.165) is 33.1 Å². The van der Waals surface area contributed by atoms with E-state index in [1.54, 1.807) is 16.7 Å². The standard InChI is InChI=1S/C26H28N2O3S/c29-26-27(19-20-9-2-1-3-10-20)24-15-6-7-16-25(24)28(26)32(30,31)18-17-22-13-8-12-21-11-4-5-14-23(21)22/h4-8,11-16,20H,1-3,9-10,17-19H2. The van der Waals surface area contributed by atoms with Gasteiger partial charge in [0.1, 0.15) is 0 Å². The van der Waals surface area contributed by atoms with Crippen LogP contribution in [-0.2, 0) is 23.0 Å². The van der Waals surface area contributed by atoms with Crippen molar-refractivity contribution in [3.05, 3.63) is 82.8 Å². The number of nitrogens with zero attached hydrogens (tertiary/aromatic N) is 2. The molecule has 1 heterocycles. The van der Waals surface area contributed by atoms with Crippen LogP contribution in [0.4, 0.5) is 0 Å². The van der Waals surface area contributed by atoms with Gasteiger partial charge in [0.25, 0.3) is 0 Å². The molecule has 0 N–H and O–H groups in total. The predicted molar refractivity (Wildman–Crippen MR) is 130 cm³/mol. The summed E-state index contributed by atoms with van der Waals surface area (Å²) in [5.41, 5.74) is 1.73. The van der Waals surface area contributed by atoms with Crippen LogP contribution in [-0.4, -0.2) is 22.7 Å². The molecule has 32 heavy (non-hydrogen) atoms. The van der Waals surface area contributed by atoms with Crippen molar-refractivity contribution in [3.63, 3.8) is 0 Å². The summed E-state index contributed by atoms with van der Waals surface area (Å²) in [6.45, 7) is 0.588. The first kappa shape index (κ1) is 21.0. The molecule has 4 aromatic rings. The van der Waals surface area contributed by atoms with Crippen molar-refractivity contribution < 1.29 is 8.42 Å². The van der Waals surface area contributed by atoms with Gasteiger partial charge in [0.15, 0.2) is 0 Å². The van der Waals surface area contributed by atoms with Gasteiger partial charge in [-0.1, -0.05) is 73.9 Å². The second kappa shape index (κ2) is 8.58. The van der Waals surface area contributed by atoms with Gasteiger partial charge in [0.05, 0.1) is 16.8 Å². The molecule has 0 radical (unpaired) electrons. The van der Waals surface area contributed by atoms with Crippen molar-refractivity contribution in [2.45, 2.75) is 45.1 Å². The van der Waals surface area contributed by atoms with E-state index in [2.05, 4.69) is 0 Å². The van der Waals surface area contributed by atoms with Gasteiger partial charge in [-0.2, -0.15) is 3.97 Å². The molecule has 0 spiro atoms. The first-order chi connectivity index (χ1) is 15.5. The first-order valence-electron chi connectivity index (χ1n) is 11.4. The number of aryl methyl sites for hydroxylation is 1. The number of imidazole rings is 1. The molecular formula is C26H28N2O3S. The Kier molecular flexibility index (Phi) is 5.64. The third kappa shape index (κ3) is 3.88. The van der Waals surface area contributed by atoms with E-state index in [4.69, 9.17) is 0 Å². The fourth-order valence-corrected chi connectivity index (χ4v) is 6.54. The molecule has 1 saturated carbocycles. The zero-order valence-corrected chi connectivity index (χ0v) is 18.9. The van der Waals surface area contributed by atoms with Crippen LogP contribution < -0.4 is 5.69 Å². The summed E-state index contributed by atoms with van der Waals surface area (Å²) in [4.78, 5) is 13.4. The van der Waals surface area contributed by atoms with Gasteiger partial charge < -0.3 is 0 Å². The Morgan fingerprint density at radius 2 is 1.50 bits per heavy atom. The molecule has 1 fully saturated rings. The summed E-state index contributed by atoms with van der Waals surface area (Å²) in [5, 5.41) is 2.14. The van der Waals surface area contributed by atoms with Crippen LogP contribution in [0.1, 0.15) is 37.7 Å². The minimum atomic E-state index is -3.82. The van der Waals surface area contributed by atoms with Gasteiger partial charge in [-0.15, -0.1) is 0 Å².